The normalized spacial score (nSPS) is 18.2. The Morgan fingerprint density at radius 1 is 1.30 bits per heavy atom. The number of hydrogen-bond donors (Lipinski definition) is 0. The molecule has 1 aromatic carbocycles. The van der Waals surface area contributed by atoms with Crippen LogP contribution in [-0.2, 0) is 4.79 Å². The van der Waals surface area contributed by atoms with Crippen molar-refractivity contribution in [2.24, 2.45) is 4.99 Å². The molecule has 1 aromatic heterocycles. The minimum absolute atomic E-state index is 0.192. The van der Waals surface area contributed by atoms with Gasteiger partial charge in [-0.15, -0.1) is 0 Å². The predicted octanol–water partition coefficient (Wildman–Crippen LogP) is 4.11. The molecule has 3 rings (SSSR count). The quantitative estimate of drug-likeness (QED) is 0.768. The summed E-state index contributed by atoms with van der Waals surface area (Å²) in [6.45, 7) is 0. The third kappa shape index (κ3) is 3.28. The summed E-state index contributed by atoms with van der Waals surface area (Å²) in [6, 6.07) is 9.73. The number of thioether (sulfide) groups is 1. The van der Waals surface area contributed by atoms with Crippen molar-refractivity contribution in [3.63, 3.8) is 0 Å². The summed E-state index contributed by atoms with van der Waals surface area (Å²) in [5, 5.41) is 0.732. The molecule has 23 heavy (non-hydrogen) atoms. The Bertz CT molecular complexity index is 803. The molecule has 1 amide bonds. The highest BCUT2D eigenvalue weighted by Crippen LogP contribution is 2.34. The first-order valence-electron chi connectivity index (χ1n) is 6.67. The molecule has 0 unspecified atom stereocenters. The Hall–Kier alpha value is -2.18. The van der Waals surface area contributed by atoms with Gasteiger partial charge in [0.25, 0.3) is 5.91 Å². The lowest BCUT2D eigenvalue weighted by molar-refractivity contribution is -0.121. The van der Waals surface area contributed by atoms with Gasteiger partial charge in [-0.2, -0.15) is 0 Å². The number of benzene rings is 1. The fourth-order valence-electron chi connectivity index (χ4n) is 1.95. The molecule has 0 radical (unpaired) electrons. The maximum absolute atomic E-state index is 13.9. The third-order valence-corrected chi connectivity index (χ3v) is 4.53. The van der Waals surface area contributed by atoms with E-state index in [1.54, 1.807) is 31.4 Å². The molecular formula is C16H11ClFN3OS. The van der Waals surface area contributed by atoms with Crippen LogP contribution in [0, 0.1) is 5.82 Å². The van der Waals surface area contributed by atoms with Crippen molar-refractivity contribution < 1.29 is 9.18 Å². The second kappa shape index (κ2) is 6.52. The fourth-order valence-corrected chi connectivity index (χ4v) is 3.12. The van der Waals surface area contributed by atoms with E-state index >= 15 is 0 Å². The Labute approximate surface area is 141 Å². The van der Waals surface area contributed by atoms with Crippen LogP contribution in [0.25, 0.3) is 6.08 Å². The zero-order valence-electron chi connectivity index (χ0n) is 12.0. The Kier molecular flexibility index (Phi) is 4.45. The molecule has 0 bridgehead atoms. The third-order valence-electron chi connectivity index (χ3n) is 3.14. The number of nitrogens with zero attached hydrogens (tertiary/aromatic N) is 3. The van der Waals surface area contributed by atoms with E-state index in [0.29, 0.717) is 15.9 Å². The molecule has 0 spiro atoms. The van der Waals surface area contributed by atoms with Crippen LogP contribution in [0.3, 0.4) is 0 Å². The topological polar surface area (TPSA) is 45.6 Å². The molecule has 0 N–H and O–H groups in total. The van der Waals surface area contributed by atoms with Crippen LogP contribution in [0.4, 0.5) is 10.2 Å². The van der Waals surface area contributed by atoms with Gasteiger partial charge in [0.2, 0.25) is 0 Å². The molecule has 2 heterocycles. The molecule has 1 aliphatic rings. The zero-order valence-corrected chi connectivity index (χ0v) is 13.6. The number of rotatable bonds is 2. The lowest BCUT2D eigenvalue weighted by Gasteiger charge is -2.06. The molecule has 1 saturated heterocycles. The van der Waals surface area contributed by atoms with E-state index in [-0.39, 0.29) is 16.5 Å². The molecule has 1 fully saturated rings. The molecule has 7 heteroatoms. The number of amidine groups is 1. The van der Waals surface area contributed by atoms with Crippen molar-refractivity contribution in [1.29, 1.82) is 0 Å². The molecule has 0 saturated carbocycles. The Morgan fingerprint density at radius 3 is 2.83 bits per heavy atom. The van der Waals surface area contributed by atoms with Gasteiger partial charge in [-0.25, -0.2) is 14.4 Å². The van der Waals surface area contributed by atoms with E-state index in [9.17, 15) is 9.18 Å². The van der Waals surface area contributed by atoms with E-state index < -0.39 is 5.82 Å². The zero-order chi connectivity index (χ0) is 16.4. The summed E-state index contributed by atoms with van der Waals surface area (Å²) in [6.07, 6.45) is 3.07. The van der Waals surface area contributed by atoms with Gasteiger partial charge in [-0.3, -0.25) is 9.69 Å². The van der Waals surface area contributed by atoms with E-state index in [2.05, 4.69) is 9.98 Å². The summed E-state index contributed by atoms with van der Waals surface area (Å²) in [7, 11) is 1.61. The van der Waals surface area contributed by atoms with Crippen LogP contribution in [-0.4, -0.2) is 28.0 Å². The average Bonchev–Trinajstić information content (AvgIpc) is 2.80. The van der Waals surface area contributed by atoms with Crippen molar-refractivity contribution in [2.45, 2.75) is 0 Å². The number of amides is 1. The standard InChI is InChI=1S/C16H11ClFN3OS/c1-21-15(22)13(9-10-11(17)5-4-6-12(10)18)23-16(21)20-14-7-2-3-8-19-14/h2-9H,1H3/b13-9-,20-16+. The van der Waals surface area contributed by atoms with Gasteiger partial charge >= 0.3 is 0 Å². The number of halogens is 2. The molecule has 0 aliphatic carbocycles. The van der Waals surface area contributed by atoms with Gasteiger partial charge in [-0.05, 0) is 42.1 Å². The van der Waals surface area contributed by atoms with Gasteiger partial charge < -0.3 is 0 Å². The fraction of sp³-hybridized carbons (Fsp3) is 0.0625. The van der Waals surface area contributed by atoms with Crippen LogP contribution < -0.4 is 0 Å². The highest BCUT2D eigenvalue weighted by atomic mass is 35.5. The van der Waals surface area contributed by atoms with Gasteiger partial charge in [0, 0.05) is 18.8 Å². The number of aromatic nitrogens is 1. The lowest BCUT2D eigenvalue weighted by atomic mass is 10.2. The summed E-state index contributed by atoms with van der Waals surface area (Å²) >= 11 is 7.16. The summed E-state index contributed by atoms with van der Waals surface area (Å²) in [5.74, 6) is -0.236. The van der Waals surface area contributed by atoms with Crippen molar-refractivity contribution >= 4 is 46.3 Å². The maximum atomic E-state index is 13.9. The van der Waals surface area contributed by atoms with Crippen molar-refractivity contribution in [3.05, 3.63) is 63.9 Å². The number of carbonyl (C=O) groups is 1. The van der Waals surface area contributed by atoms with Crippen LogP contribution in [0.1, 0.15) is 5.56 Å². The average molecular weight is 348 g/mol. The van der Waals surface area contributed by atoms with Crippen LogP contribution >= 0.6 is 23.4 Å². The molecule has 1 aliphatic heterocycles. The smallest absolute Gasteiger partial charge is 0.266 e. The van der Waals surface area contributed by atoms with Gasteiger partial charge in [-0.1, -0.05) is 23.7 Å². The highest BCUT2D eigenvalue weighted by Gasteiger charge is 2.30. The minimum Gasteiger partial charge on any atom is -0.289 e. The predicted molar refractivity (Wildman–Crippen MR) is 91.1 cm³/mol. The molecule has 4 nitrogen and oxygen atoms in total. The van der Waals surface area contributed by atoms with E-state index in [1.165, 1.54) is 23.1 Å². The van der Waals surface area contributed by atoms with E-state index in [4.69, 9.17) is 11.6 Å². The van der Waals surface area contributed by atoms with Gasteiger partial charge in [0.1, 0.15) is 5.82 Å². The maximum Gasteiger partial charge on any atom is 0.266 e. The van der Waals surface area contributed by atoms with Crippen molar-refractivity contribution in [1.82, 2.24) is 9.88 Å². The summed E-state index contributed by atoms with van der Waals surface area (Å²) < 4.78 is 13.9. The molecule has 2 aromatic rings. The van der Waals surface area contributed by atoms with Gasteiger partial charge in [0.05, 0.1) is 9.93 Å². The van der Waals surface area contributed by atoms with E-state index in [1.807, 2.05) is 6.07 Å². The number of pyridine rings is 1. The minimum atomic E-state index is -0.476. The highest BCUT2D eigenvalue weighted by molar-refractivity contribution is 8.18. The monoisotopic (exact) mass is 347 g/mol. The van der Waals surface area contributed by atoms with Crippen LogP contribution in [0.2, 0.25) is 5.02 Å². The largest absolute Gasteiger partial charge is 0.289 e. The number of likely N-dealkylation sites (N-methyl/N-ethyl adjacent to an activating group) is 1. The SMILES string of the molecule is CN1C(=O)/C(=C/c2c(F)cccc2Cl)S/C1=N/c1ccccn1. The summed E-state index contributed by atoms with van der Waals surface area (Å²) in [4.78, 5) is 22.5. The van der Waals surface area contributed by atoms with Crippen LogP contribution in [0.5, 0.6) is 0 Å². The summed E-state index contributed by atoms with van der Waals surface area (Å²) in [5.41, 5.74) is 0.192. The Morgan fingerprint density at radius 2 is 2.13 bits per heavy atom. The van der Waals surface area contributed by atoms with Crippen LogP contribution in [0.15, 0.2) is 52.5 Å². The number of carbonyl (C=O) groups excluding carboxylic acids is 1. The Balaban J connectivity index is 1.96. The molecule has 116 valence electrons. The second-order valence-electron chi connectivity index (χ2n) is 4.69. The second-order valence-corrected chi connectivity index (χ2v) is 6.11. The van der Waals surface area contributed by atoms with E-state index in [0.717, 1.165) is 11.8 Å². The lowest BCUT2D eigenvalue weighted by Crippen LogP contribution is -2.23. The number of aliphatic imine (C=N–C) groups is 1. The first-order chi connectivity index (χ1) is 11.1. The molecule has 0 atom stereocenters. The van der Waals surface area contributed by atoms with Crippen molar-refractivity contribution in [2.75, 3.05) is 7.05 Å². The van der Waals surface area contributed by atoms with Crippen molar-refractivity contribution in [3.8, 4) is 0 Å². The molecular weight excluding hydrogens is 337 g/mol. The van der Waals surface area contributed by atoms with Gasteiger partial charge in [0.15, 0.2) is 11.0 Å². The first-order valence-corrected chi connectivity index (χ1v) is 7.87. The number of hydrogen-bond acceptors (Lipinski definition) is 4. The first kappa shape index (κ1) is 15.7.